The standard InChI is InChI=1S/C48H76O20/c1-43(41(60)62-6)13-15-48(42(61)68-40-35(58)33(56)31(54)26(19-50)65-40)16-14-46(4)22(23(48)17-43)7-8-28-44(2)11-10-29(45(3,21-51)27(44)9-12-47(28,46)5)66-38-36(59)37(24(52)20-63-38)67-39-34(57)32(55)30(53)25(18-49)64-39/h7,23-40,49-59H,8-21H2,1-6H3/t23-,24-,25+,26-,27+,28+,29-,30+,31-,32-,33+,34+,35-,36+,37-,38-,39-,40+,43+,44-,45-,46+,47+,48-/m0/s1. The number of carbonyl (C=O) groups excluding carboxylic acids is 2. The normalized spacial score (nSPS) is 53.7. The van der Waals surface area contributed by atoms with Gasteiger partial charge >= 0.3 is 11.9 Å². The Labute approximate surface area is 396 Å². The Hall–Kier alpha value is -1.96. The van der Waals surface area contributed by atoms with Gasteiger partial charge in [0.1, 0.15) is 67.1 Å². The number of hydrogen-bond donors (Lipinski definition) is 11. The SMILES string of the molecule is COC(=O)[C@]1(C)CC[C@]2(C(=O)O[C@H]3O[C@@H](CO)[C@H](O)[C@@H](O)[C@@H]3O)CC[C@]3(C)C(=CC[C@@H]4[C@@]5(C)CC[C@H](O[C@@H]6OC[C@H](O)[C@H](O[C@@H]7O[C@H](CO)[C@@H](O)[C@H](O)[C@H]7O)[C@H]6O)[C@@](C)(CO)[C@@H]5CC[C@]43C)[C@@H]2C1. The van der Waals surface area contributed by atoms with E-state index in [0.29, 0.717) is 51.4 Å². The number of allylic oxidation sites excluding steroid dienone is 2. The van der Waals surface area contributed by atoms with E-state index in [4.69, 9.17) is 33.2 Å². The summed E-state index contributed by atoms with van der Waals surface area (Å²) in [5.74, 6) is -1.47. The van der Waals surface area contributed by atoms with Crippen molar-refractivity contribution in [2.45, 2.75) is 191 Å². The zero-order chi connectivity index (χ0) is 49.7. The van der Waals surface area contributed by atoms with Crippen molar-refractivity contribution >= 4 is 11.9 Å². The molecule has 3 aliphatic heterocycles. The largest absolute Gasteiger partial charge is 0.469 e. The molecular weight excluding hydrogens is 897 g/mol. The second kappa shape index (κ2) is 18.8. The molecule has 388 valence electrons. The molecule has 68 heavy (non-hydrogen) atoms. The molecule has 8 rings (SSSR count). The topological polar surface area (TPSA) is 321 Å². The summed E-state index contributed by atoms with van der Waals surface area (Å²) in [5.41, 5.74) is -2.95. The van der Waals surface area contributed by atoms with Crippen molar-refractivity contribution in [2.75, 3.05) is 33.5 Å². The van der Waals surface area contributed by atoms with Crippen LogP contribution >= 0.6 is 0 Å². The van der Waals surface area contributed by atoms with E-state index >= 15 is 0 Å². The second-order valence-electron chi connectivity index (χ2n) is 22.7. The third-order valence-corrected chi connectivity index (χ3v) is 19.5. The van der Waals surface area contributed by atoms with Gasteiger partial charge in [-0.15, -0.1) is 0 Å². The van der Waals surface area contributed by atoms with Crippen LogP contribution < -0.4 is 0 Å². The first-order valence-electron chi connectivity index (χ1n) is 24.5. The molecule has 4 saturated carbocycles. The lowest BCUT2D eigenvalue weighted by Crippen LogP contribution is -2.67. The van der Waals surface area contributed by atoms with E-state index < -0.39 is 139 Å². The fraction of sp³-hybridized carbons (Fsp3) is 0.917. The number of aliphatic hydroxyl groups is 11. The molecule has 0 aromatic carbocycles. The van der Waals surface area contributed by atoms with E-state index in [2.05, 4.69) is 26.8 Å². The number of rotatable bonds is 10. The zero-order valence-electron chi connectivity index (χ0n) is 40.0. The van der Waals surface area contributed by atoms with E-state index in [0.717, 1.165) is 12.0 Å². The summed E-state index contributed by atoms with van der Waals surface area (Å²) in [6.45, 7) is 8.79. The van der Waals surface area contributed by atoms with Crippen LogP contribution in [0.2, 0.25) is 0 Å². The third-order valence-electron chi connectivity index (χ3n) is 19.5. The van der Waals surface area contributed by atoms with E-state index in [-0.39, 0.29) is 48.3 Å². The van der Waals surface area contributed by atoms with Crippen LogP contribution in [0.1, 0.15) is 98.8 Å². The highest BCUT2D eigenvalue weighted by Crippen LogP contribution is 2.76. The average Bonchev–Trinajstić information content (AvgIpc) is 3.31. The van der Waals surface area contributed by atoms with Crippen LogP contribution in [-0.2, 0) is 42.7 Å². The van der Waals surface area contributed by atoms with Gasteiger partial charge in [0.05, 0.1) is 50.5 Å². The van der Waals surface area contributed by atoms with Gasteiger partial charge in [0, 0.05) is 5.41 Å². The van der Waals surface area contributed by atoms with Gasteiger partial charge in [0.15, 0.2) is 12.6 Å². The maximum absolute atomic E-state index is 14.8. The lowest BCUT2D eigenvalue weighted by atomic mass is 9.33. The summed E-state index contributed by atoms with van der Waals surface area (Å²) in [7, 11) is 1.35. The van der Waals surface area contributed by atoms with E-state index in [9.17, 15) is 65.8 Å². The van der Waals surface area contributed by atoms with Crippen molar-refractivity contribution in [1.82, 2.24) is 0 Å². The highest BCUT2D eigenvalue weighted by molar-refractivity contribution is 5.81. The Balaban J connectivity index is 1.04. The Kier molecular flexibility index (Phi) is 14.5. The van der Waals surface area contributed by atoms with Gasteiger partial charge in [-0.1, -0.05) is 39.3 Å². The molecule has 0 radical (unpaired) electrons. The molecule has 0 aromatic heterocycles. The van der Waals surface area contributed by atoms with Crippen LogP contribution in [0, 0.1) is 50.2 Å². The maximum Gasteiger partial charge on any atom is 0.315 e. The molecule has 0 spiro atoms. The van der Waals surface area contributed by atoms with Crippen molar-refractivity contribution in [3.63, 3.8) is 0 Å². The number of aliphatic hydroxyl groups excluding tert-OH is 11. The molecule has 0 bridgehead atoms. The Morgan fingerprint density at radius 2 is 1.29 bits per heavy atom. The molecular formula is C48H76O20. The number of methoxy groups -OCH3 is 1. The Morgan fingerprint density at radius 1 is 0.676 bits per heavy atom. The molecule has 20 nitrogen and oxygen atoms in total. The van der Waals surface area contributed by atoms with Gasteiger partial charge < -0.3 is 89.3 Å². The van der Waals surface area contributed by atoms with Gasteiger partial charge in [0.2, 0.25) is 6.29 Å². The quantitative estimate of drug-likeness (QED) is 0.0704. The number of ether oxygens (including phenoxy) is 7. The summed E-state index contributed by atoms with van der Waals surface area (Å²) < 4.78 is 40.7. The van der Waals surface area contributed by atoms with Crippen molar-refractivity contribution in [2.24, 2.45) is 50.2 Å². The van der Waals surface area contributed by atoms with Crippen LogP contribution in [0.4, 0.5) is 0 Å². The summed E-state index contributed by atoms with van der Waals surface area (Å²) in [5, 5.41) is 116. The van der Waals surface area contributed by atoms with Gasteiger partial charge in [0.25, 0.3) is 0 Å². The van der Waals surface area contributed by atoms with Crippen molar-refractivity contribution < 1.29 is 98.9 Å². The minimum absolute atomic E-state index is 0.0728. The highest BCUT2D eigenvalue weighted by Gasteiger charge is 2.71. The Bertz CT molecular complexity index is 1880. The van der Waals surface area contributed by atoms with Gasteiger partial charge in [-0.25, -0.2) is 0 Å². The first kappa shape index (κ1) is 52.4. The summed E-state index contributed by atoms with van der Waals surface area (Å²) in [4.78, 5) is 28.3. The van der Waals surface area contributed by atoms with Crippen molar-refractivity contribution in [3.8, 4) is 0 Å². The van der Waals surface area contributed by atoms with Crippen LogP contribution in [0.5, 0.6) is 0 Å². The van der Waals surface area contributed by atoms with Gasteiger partial charge in [-0.05, 0) is 105 Å². The summed E-state index contributed by atoms with van der Waals surface area (Å²) >= 11 is 0. The number of carbonyl (C=O) groups is 2. The number of esters is 2. The first-order valence-corrected chi connectivity index (χ1v) is 24.5. The second-order valence-corrected chi connectivity index (χ2v) is 22.7. The molecule has 0 aromatic rings. The molecule has 3 heterocycles. The van der Waals surface area contributed by atoms with Crippen LogP contribution in [0.3, 0.4) is 0 Å². The molecule has 3 saturated heterocycles. The van der Waals surface area contributed by atoms with Crippen LogP contribution in [0.25, 0.3) is 0 Å². The fourth-order valence-electron chi connectivity index (χ4n) is 15.1. The molecule has 0 amide bonds. The van der Waals surface area contributed by atoms with Crippen LogP contribution in [0.15, 0.2) is 11.6 Å². The van der Waals surface area contributed by atoms with Crippen molar-refractivity contribution in [3.05, 3.63) is 11.6 Å². The van der Waals surface area contributed by atoms with Gasteiger partial charge in [-0.2, -0.15) is 0 Å². The number of fused-ring (bicyclic) bond motifs is 7. The average molecular weight is 973 g/mol. The predicted molar refractivity (Wildman–Crippen MR) is 232 cm³/mol. The molecule has 11 N–H and O–H groups in total. The predicted octanol–water partition coefficient (Wildman–Crippen LogP) is -1.09. The van der Waals surface area contributed by atoms with Crippen LogP contribution in [-0.4, -0.2) is 194 Å². The zero-order valence-corrected chi connectivity index (χ0v) is 40.0. The summed E-state index contributed by atoms with van der Waals surface area (Å²) in [6.07, 6.45) is -15.1. The minimum atomic E-state index is -1.77. The lowest BCUT2D eigenvalue weighted by molar-refractivity contribution is -0.358. The smallest absolute Gasteiger partial charge is 0.315 e. The van der Waals surface area contributed by atoms with E-state index in [1.807, 2.05) is 13.8 Å². The monoisotopic (exact) mass is 972 g/mol. The van der Waals surface area contributed by atoms with E-state index in [1.165, 1.54) is 7.11 Å². The molecule has 24 atom stereocenters. The first-order chi connectivity index (χ1) is 31.9. The van der Waals surface area contributed by atoms with Gasteiger partial charge in [-0.3, -0.25) is 9.59 Å². The summed E-state index contributed by atoms with van der Waals surface area (Å²) in [6, 6.07) is 0. The van der Waals surface area contributed by atoms with Crippen molar-refractivity contribution in [1.29, 1.82) is 0 Å². The lowest BCUT2D eigenvalue weighted by Gasteiger charge is -2.71. The van der Waals surface area contributed by atoms with E-state index in [1.54, 1.807) is 0 Å². The number of hydrogen-bond acceptors (Lipinski definition) is 20. The fourth-order valence-corrected chi connectivity index (χ4v) is 15.1. The molecule has 7 fully saturated rings. The maximum atomic E-state index is 14.8. The third kappa shape index (κ3) is 7.94. The molecule has 5 aliphatic carbocycles. The minimum Gasteiger partial charge on any atom is -0.469 e. The molecule has 20 heteroatoms. The highest BCUT2D eigenvalue weighted by atomic mass is 16.7. The molecule has 8 aliphatic rings. The Morgan fingerprint density at radius 3 is 1.91 bits per heavy atom. The molecule has 0 unspecified atom stereocenters.